The van der Waals surface area contributed by atoms with E-state index >= 15 is 8.78 Å². The predicted octanol–water partition coefficient (Wildman–Crippen LogP) is 7.70. The van der Waals surface area contributed by atoms with Crippen LogP contribution in [-0.4, -0.2) is 176 Å². The third-order valence-electron chi connectivity index (χ3n) is 16.0. The largest absolute Gasteiger partial charge is 0.497 e. The minimum atomic E-state index is -4.77. The van der Waals surface area contributed by atoms with Gasteiger partial charge in [-0.1, -0.05) is 84.9 Å². The van der Waals surface area contributed by atoms with Gasteiger partial charge in [-0.15, -0.1) is 0 Å². The summed E-state index contributed by atoms with van der Waals surface area (Å²) in [5.41, 5.74) is 22.8. The number of halogens is 3. The SMILES string of the molecule is COc1ccc(CO[C@H]2C(F)[C@@H](COP(C)(=O)OCc3ccccc3)O[C@H]2n2cnc3c(N)ncnc32)cc1.COc1ccc(CO[C@H]2C(F)[C@@H](COP(C)(=O)OCc3ccccc3)O[C@H]2n2cnc3c(N)ncnc32)cc1.Nc1ncnc2c1ncn2[C@@H]1O[C@H](COP(=O)(O)O)C(F)[C@@H]1O. The number of fused-ring (bicyclic) bond motifs is 3. The van der Waals surface area contributed by atoms with Crippen molar-refractivity contribution in [3.8, 4) is 11.5 Å². The van der Waals surface area contributed by atoms with E-state index in [2.05, 4.69) is 49.4 Å². The number of anilines is 3. The molecule has 3 aliphatic heterocycles. The molecule has 3 aliphatic rings. The molecule has 0 radical (unpaired) electrons. The Morgan fingerprint density at radius 2 is 0.782 bits per heavy atom. The molecule has 0 aliphatic carbocycles. The monoisotopic (exact) mass is 1460 g/mol. The molecule has 5 unspecified atom stereocenters. The molecule has 0 spiro atoms. The molecule has 33 nitrogen and oxygen atoms in total. The second kappa shape index (κ2) is 32.6. The summed E-state index contributed by atoms with van der Waals surface area (Å²) < 4.78 is 153. The number of aromatic nitrogens is 12. The lowest BCUT2D eigenvalue weighted by Gasteiger charge is -2.21. The molecule has 10 aromatic rings. The van der Waals surface area contributed by atoms with Crippen molar-refractivity contribution in [1.82, 2.24) is 58.6 Å². The Bertz CT molecular complexity index is 4310. The van der Waals surface area contributed by atoms with Crippen molar-refractivity contribution >= 4 is 74.0 Å². The zero-order valence-electron chi connectivity index (χ0n) is 54.3. The van der Waals surface area contributed by atoms with Crippen molar-refractivity contribution < 1.29 is 97.5 Å². The molecule has 13 rings (SSSR count). The number of nitrogens with two attached hydrogens (primary N) is 3. The van der Waals surface area contributed by atoms with E-state index in [1.165, 1.54) is 55.9 Å². The Hall–Kier alpha value is -8.51. The summed E-state index contributed by atoms with van der Waals surface area (Å²) in [7, 11) is -8.63. The van der Waals surface area contributed by atoms with Crippen LogP contribution in [0.5, 0.6) is 11.5 Å². The molecular weight excluding hydrogens is 1390 g/mol. The number of rotatable bonds is 26. The van der Waals surface area contributed by atoms with Gasteiger partial charge in [0.15, 0.2) is 71.6 Å². The Balaban J connectivity index is 0.000000158. The number of benzene rings is 4. The van der Waals surface area contributed by atoms with Crippen molar-refractivity contribution in [2.75, 3.05) is 64.6 Å². The van der Waals surface area contributed by atoms with Crippen molar-refractivity contribution in [2.24, 2.45) is 0 Å². The second-order valence-electron chi connectivity index (χ2n) is 23.0. The van der Waals surface area contributed by atoms with Gasteiger partial charge in [0, 0.05) is 13.3 Å². The molecule has 9 heterocycles. The number of imidazole rings is 3. The van der Waals surface area contributed by atoms with Crippen molar-refractivity contribution in [3.63, 3.8) is 0 Å². The van der Waals surface area contributed by atoms with Crippen LogP contribution in [0.3, 0.4) is 0 Å². The Kier molecular flexibility index (Phi) is 23.8. The average molecular weight is 1460 g/mol. The summed E-state index contributed by atoms with van der Waals surface area (Å²) in [5.74, 6) is 1.88. The van der Waals surface area contributed by atoms with Crippen LogP contribution in [0, 0.1) is 0 Å². The lowest BCUT2D eigenvalue weighted by molar-refractivity contribution is -0.0733. The predicted molar refractivity (Wildman–Crippen MR) is 354 cm³/mol. The van der Waals surface area contributed by atoms with Crippen LogP contribution in [0.4, 0.5) is 30.6 Å². The van der Waals surface area contributed by atoms with Crippen LogP contribution >= 0.6 is 23.0 Å². The second-order valence-corrected chi connectivity index (χ2v) is 28.3. The molecular formula is C62H71F3N15O18P3. The van der Waals surface area contributed by atoms with Gasteiger partial charge in [-0.25, -0.2) is 62.6 Å². The van der Waals surface area contributed by atoms with Gasteiger partial charge < -0.3 is 83.3 Å². The normalized spacial score (nSPS) is 24.0. The zero-order valence-corrected chi connectivity index (χ0v) is 57.0. The number of alkyl halides is 3. The number of hydrogen-bond acceptors (Lipinski definition) is 28. The van der Waals surface area contributed by atoms with Gasteiger partial charge in [-0.05, 0) is 46.5 Å². The summed E-state index contributed by atoms with van der Waals surface area (Å²) in [6.45, 7) is 1.75. The molecule has 538 valence electrons. The molecule has 14 atom stereocenters. The highest BCUT2D eigenvalue weighted by Gasteiger charge is 2.51. The number of ether oxygens (including phenoxy) is 7. The summed E-state index contributed by atoms with van der Waals surface area (Å²) in [4.78, 5) is 53.9. The van der Waals surface area contributed by atoms with Crippen molar-refractivity contribution in [3.05, 3.63) is 169 Å². The first-order chi connectivity index (χ1) is 48.5. The van der Waals surface area contributed by atoms with E-state index in [1.54, 1.807) is 47.6 Å². The van der Waals surface area contributed by atoms with E-state index in [0.29, 0.717) is 33.8 Å². The fourth-order valence-corrected chi connectivity index (χ4v) is 12.8. The number of aliphatic hydroxyl groups excluding tert-OH is 1. The maximum atomic E-state index is 15.8. The van der Waals surface area contributed by atoms with Crippen LogP contribution in [0.15, 0.2) is 147 Å². The maximum absolute atomic E-state index is 15.8. The number of aliphatic hydroxyl groups is 1. The zero-order chi connectivity index (χ0) is 71.6. The number of phosphoric ester groups is 1. The van der Waals surface area contributed by atoms with Gasteiger partial charge >= 0.3 is 23.0 Å². The summed E-state index contributed by atoms with van der Waals surface area (Å²) in [6.07, 6.45) is -7.62. The first-order valence-electron chi connectivity index (χ1n) is 30.8. The number of nitrogens with zero attached hydrogens (tertiary/aromatic N) is 12. The Morgan fingerprint density at radius 1 is 0.446 bits per heavy atom. The fraction of sp³-hybridized carbons (Fsp3) is 0.371. The molecule has 3 fully saturated rings. The quantitative estimate of drug-likeness (QED) is 0.0283. The lowest BCUT2D eigenvalue weighted by atomic mass is 10.1. The molecule has 3 saturated heterocycles. The summed E-state index contributed by atoms with van der Waals surface area (Å²) >= 11 is 0. The molecule has 39 heteroatoms. The van der Waals surface area contributed by atoms with Crippen LogP contribution in [0.25, 0.3) is 33.5 Å². The van der Waals surface area contributed by atoms with E-state index in [9.17, 15) is 23.2 Å². The van der Waals surface area contributed by atoms with Crippen molar-refractivity contribution in [2.45, 2.75) is 100 Å². The van der Waals surface area contributed by atoms with E-state index in [1.807, 2.05) is 84.9 Å². The van der Waals surface area contributed by atoms with E-state index in [4.69, 9.17) is 78.2 Å². The average Bonchev–Trinajstić information content (AvgIpc) is 1.64. The Labute approximate surface area is 573 Å². The van der Waals surface area contributed by atoms with Crippen LogP contribution in [-0.2, 0) is 86.4 Å². The van der Waals surface area contributed by atoms with E-state index in [-0.39, 0.29) is 68.3 Å². The molecule has 0 bridgehead atoms. The highest BCUT2D eigenvalue weighted by molar-refractivity contribution is 7.53. The highest BCUT2D eigenvalue weighted by Crippen LogP contribution is 2.49. The number of hydrogen-bond donors (Lipinski definition) is 6. The van der Waals surface area contributed by atoms with Gasteiger partial charge in [-0.3, -0.25) is 27.4 Å². The first-order valence-corrected chi connectivity index (χ1v) is 36.3. The fourth-order valence-electron chi connectivity index (χ4n) is 10.7. The number of nitrogen functional groups attached to an aromatic ring is 3. The third kappa shape index (κ3) is 18.2. The van der Waals surface area contributed by atoms with Gasteiger partial charge in [0.1, 0.15) is 83.7 Å². The minimum Gasteiger partial charge on any atom is -0.497 e. The first kappa shape index (κ1) is 73.7. The molecule has 0 saturated carbocycles. The smallest absolute Gasteiger partial charge is 0.469 e. The maximum Gasteiger partial charge on any atom is 0.469 e. The summed E-state index contributed by atoms with van der Waals surface area (Å²) in [5, 5.41) is 9.99. The molecule has 0 amide bonds. The molecule has 101 heavy (non-hydrogen) atoms. The highest BCUT2D eigenvalue weighted by atomic mass is 31.2. The Morgan fingerprint density at radius 3 is 1.15 bits per heavy atom. The van der Waals surface area contributed by atoms with Crippen LogP contribution in [0.2, 0.25) is 0 Å². The standard InChI is InChI=1S/2C26H29FN5O6P.C10H13FN5O6P/c2*1-34-19-10-8-18(9-11-19)12-35-23-21(27)20(14-37-39(2,33)36-13-17-6-4-3-5-7-17)38-26(23)32-16-31-22-24(28)29-15-30-25(22)32;11-5-4(1-21-23(18,19)20)22-10(7(5)17)16-3-15-6-8(12)13-2-14-9(6)16/h2*3-11,15-16,20-21,23,26H,12-14H2,1-2H3,(H2,28,29,30);2-5,7,10,17H,1H2,(H2,12,13,14)(H2,18,19,20)/t2*20-,21?,23+,26-,39?;4-,5?,7+,10-/m111/s1. The van der Waals surface area contributed by atoms with E-state index in [0.717, 1.165) is 22.3 Å². The van der Waals surface area contributed by atoms with Crippen molar-refractivity contribution in [1.29, 1.82) is 0 Å². The van der Waals surface area contributed by atoms with Gasteiger partial charge in [0.25, 0.3) is 0 Å². The van der Waals surface area contributed by atoms with E-state index < -0.39 is 103 Å². The third-order valence-corrected chi connectivity index (χ3v) is 18.9. The van der Waals surface area contributed by atoms with Gasteiger partial charge in [-0.2, -0.15) is 0 Å². The number of phosphoric acid groups is 1. The van der Waals surface area contributed by atoms with Gasteiger partial charge in [0.05, 0.1) is 79.4 Å². The molecule has 6 aromatic heterocycles. The summed E-state index contributed by atoms with van der Waals surface area (Å²) in [6, 6.07) is 33.0. The number of methoxy groups -OCH3 is 2. The lowest BCUT2D eigenvalue weighted by Crippen LogP contribution is -2.32. The van der Waals surface area contributed by atoms with Crippen LogP contribution < -0.4 is 26.7 Å². The van der Waals surface area contributed by atoms with Gasteiger partial charge in [0.2, 0.25) is 0 Å². The molecule has 9 N–H and O–H groups in total. The topological polar surface area (TPSA) is 432 Å². The molecule has 4 aromatic carbocycles. The van der Waals surface area contributed by atoms with Crippen LogP contribution in [0.1, 0.15) is 40.9 Å². The minimum absolute atomic E-state index is 0.0948.